The quantitative estimate of drug-likeness (QED) is 0.520. The lowest BCUT2D eigenvalue weighted by molar-refractivity contribution is 0.0600. The van der Waals surface area contributed by atoms with E-state index in [2.05, 4.69) is 4.90 Å². The Labute approximate surface area is 188 Å². The topological polar surface area (TPSA) is 75.8 Å². The van der Waals surface area contributed by atoms with Gasteiger partial charge in [0.05, 0.1) is 18.4 Å². The van der Waals surface area contributed by atoms with Crippen molar-refractivity contribution in [3.8, 4) is 17.2 Å². The zero-order valence-electron chi connectivity index (χ0n) is 18.7. The number of rotatable bonds is 7. The van der Waals surface area contributed by atoms with Gasteiger partial charge in [-0.3, -0.25) is 4.90 Å². The minimum atomic E-state index is -0.357. The Bertz CT molecular complexity index is 1040. The van der Waals surface area contributed by atoms with Gasteiger partial charge in [-0.1, -0.05) is 18.6 Å². The number of piperidine rings is 1. The second-order valence-electron chi connectivity index (χ2n) is 8.42. The van der Waals surface area contributed by atoms with E-state index in [0.29, 0.717) is 23.2 Å². The molecule has 32 heavy (non-hydrogen) atoms. The largest absolute Gasteiger partial charge is 0.508 e. The van der Waals surface area contributed by atoms with Gasteiger partial charge < -0.3 is 14.3 Å². The summed E-state index contributed by atoms with van der Waals surface area (Å²) in [6.07, 6.45) is 5.73. The van der Waals surface area contributed by atoms with Gasteiger partial charge in [-0.05, 0) is 81.1 Å². The van der Waals surface area contributed by atoms with Crippen molar-refractivity contribution < 1.29 is 19.1 Å². The molecule has 168 valence electrons. The molecule has 0 unspecified atom stereocenters. The molecule has 0 bridgehead atoms. The highest BCUT2D eigenvalue weighted by atomic mass is 16.5. The van der Waals surface area contributed by atoms with Crippen LogP contribution in [0.15, 0.2) is 52.9 Å². The van der Waals surface area contributed by atoms with Crippen molar-refractivity contribution in [2.24, 2.45) is 0 Å². The van der Waals surface area contributed by atoms with Crippen molar-refractivity contribution in [1.82, 2.24) is 9.88 Å². The molecule has 1 saturated heterocycles. The predicted molar refractivity (Wildman–Crippen MR) is 122 cm³/mol. The molecule has 6 heteroatoms. The third-order valence-corrected chi connectivity index (χ3v) is 6.25. The number of likely N-dealkylation sites (tertiary alicyclic amines) is 1. The molecule has 1 aromatic heterocycles. The van der Waals surface area contributed by atoms with Crippen LogP contribution in [0.2, 0.25) is 0 Å². The van der Waals surface area contributed by atoms with Gasteiger partial charge in [-0.2, -0.15) is 0 Å². The van der Waals surface area contributed by atoms with Gasteiger partial charge in [0.15, 0.2) is 0 Å². The molecule has 0 aliphatic carbocycles. The second kappa shape index (κ2) is 10.0. The van der Waals surface area contributed by atoms with Crippen LogP contribution in [0.5, 0.6) is 5.75 Å². The predicted octanol–water partition coefficient (Wildman–Crippen LogP) is 5.13. The molecule has 1 aliphatic rings. The fourth-order valence-corrected chi connectivity index (χ4v) is 4.35. The van der Waals surface area contributed by atoms with Crippen molar-refractivity contribution in [3.05, 3.63) is 71.1 Å². The smallest absolute Gasteiger partial charge is 0.337 e. The standard InChI is InChI=1S/C26H30N2O4/c1-18-24(27-25(32-18)20-9-11-21(12-10-20)26(30)31-2)17-28-16-4-3-5-22(28)13-6-19-7-14-23(29)15-8-19/h7-12,14-15,22,29H,3-6,13,16-17H2,1-2H3/t22-/m1/s1. The van der Waals surface area contributed by atoms with Crippen LogP contribution in [-0.4, -0.2) is 40.7 Å². The summed E-state index contributed by atoms with van der Waals surface area (Å²) in [7, 11) is 1.37. The van der Waals surface area contributed by atoms with Crippen molar-refractivity contribution in [2.75, 3.05) is 13.7 Å². The lowest BCUT2D eigenvalue weighted by Gasteiger charge is -2.35. The van der Waals surface area contributed by atoms with Crippen molar-refractivity contribution in [1.29, 1.82) is 0 Å². The number of hydrogen-bond acceptors (Lipinski definition) is 6. The normalized spacial score (nSPS) is 16.8. The summed E-state index contributed by atoms with van der Waals surface area (Å²) in [5, 5.41) is 9.49. The molecule has 4 rings (SSSR count). The zero-order valence-corrected chi connectivity index (χ0v) is 18.7. The monoisotopic (exact) mass is 434 g/mol. The number of esters is 1. The molecule has 1 atom stereocenters. The number of hydrogen-bond donors (Lipinski definition) is 1. The summed E-state index contributed by atoms with van der Waals surface area (Å²) in [4.78, 5) is 19.0. The highest BCUT2D eigenvalue weighted by molar-refractivity contribution is 5.89. The minimum absolute atomic E-state index is 0.310. The maximum Gasteiger partial charge on any atom is 0.337 e. The first kappa shape index (κ1) is 22.1. The third-order valence-electron chi connectivity index (χ3n) is 6.25. The van der Waals surface area contributed by atoms with Crippen LogP contribution in [0.25, 0.3) is 11.5 Å². The summed E-state index contributed by atoms with van der Waals surface area (Å²) < 4.78 is 10.7. The molecule has 0 radical (unpaired) electrons. The second-order valence-corrected chi connectivity index (χ2v) is 8.42. The van der Waals surface area contributed by atoms with Gasteiger partial charge in [0.2, 0.25) is 5.89 Å². The van der Waals surface area contributed by atoms with E-state index < -0.39 is 0 Å². The molecule has 1 N–H and O–H groups in total. The number of nitrogens with zero attached hydrogens (tertiary/aromatic N) is 2. The molecule has 2 aromatic carbocycles. The van der Waals surface area contributed by atoms with Crippen LogP contribution >= 0.6 is 0 Å². The molecular weight excluding hydrogens is 404 g/mol. The van der Waals surface area contributed by atoms with E-state index in [-0.39, 0.29) is 5.97 Å². The maximum atomic E-state index is 11.7. The number of aromatic hydroxyl groups is 1. The molecule has 1 aliphatic heterocycles. The van der Waals surface area contributed by atoms with Gasteiger partial charge in [-0.25, -0.2) is 9.78 Å². The van der Waals surface area contributed by atoms with Gasteiger partial charge in [0.1, 0.15) is 11.5 Å². The Morgan fingerprint density at radius 1 is 1.16 bits per heavy atom. The number of phenols is 1. The number of ether oxygens (including phenoxy) is 1. The lowest BCUT2D eigenvalue weighted by atomic mass is 9.95. The van der Waals surface area contributed by atoms with Crippen LogP contribution in [0.3, 0.4) is 0 Å². The summed E-state index contributed by atoms with van der Waals surface area (Å²) >= 11 is 0. The first-order valence-electron chi connectivity index (χ1n) is 11.2. The molecule has 3 aromatic rings. The molecule has 0 spiro atoms. The molecule has 2 heterocycles. The van der Waals surface area contributed by atoms with E-state index in [0.717, 1.165) is 42.9 Å². The fourth-order valence-electron chi connectivity index (χ4n) is 4.35. The number of aryl methyl sites for hydroxylation is 2. The molecule has 0 amide bonds. The zero-order chi connectivity index (χ0) is 22.5. The number of aromatic nitrogens is 1. The van der Waals surface area contributed by atoms with Gasteiger partial charge in [0, 0.05) is 18.2 Å². The van der Waals surface area contributed by atoms with E-state index in [1.807, 2.05) is 31.2 Å². The van der Waals surface area contributed by atoms with E-state index in [4.69, 9.17) is 14.1 Å². The van der Waals surface area contributed by atoms with E-state index >= 15 is 0 Å². The van der Waals surface area contributed by atoms with Crippen LogP contribution in [0.1, 0.15) is 53.1 Å². The highest BCUT2D eigenvalue weighted by Crippen LogP contribution is 2.27. The summed E-state index contributed by atoms with van der Waals surface area (Å²) in [6, 6.07) is 15.2. The highest BCUT2D eigenvalue weighted by Gasteiger charge is 2.24. The van der Waals surface area contributed by atoms with Gasteiger partial charge >= 0.3 is 5.97 Å². The van der Waals surface area contributed by atoms with Crippen molar-refractivity contribution in [2.45, 2.75) is 51.6 Å². The molecule has 1 fully saturated rings. The Balaban J connectivity index is 1.43. The van der Waals surface area contributed by atoms with Crippen molar-refractivity contribution >= 4 is 5.97 Å². The maximum absolute atomic E-state index is 11.7. The lowest BCUT2D eigenvalue weighted by Crippen LogP contribution is -2.39. The number of carbonyl (C=O) groups is 1. The van der Waals surface area contributed by atoms with E-state index in [9.17, 15) is 9.90 Å². The van der Waals surface area contributed by atoms with Crippen LogP contribution < -0.4 is 0 Å². The van der Waals surface area contributed by atoms with Crippen LogP contribution in [0.4, 0.5) is 0 Å². The summed E-state index contributed by atoms with van der Waals surface area (Å²) in [5.74, 6) is 1.36. The average molecular weight is 435 g/mol. The summed E-state index contributed by atoms with van der Waals surface area (Å²) in [5.41, 5.74) is 3.57. The third kappa shape index (κ3) is 5.19. The van der Waals surface area contributed by atoms with Crippen LogP contribution in [0, 0.1) is 6.92 Å². The fraction of sp³-hybridized carbons (Fsp3) is 0.385. The SMILES string of the molecule is COC(=O)c1ccc(-c2nc(CN3CCCC[C@@H]3CCc3ccc(O)cc3)c(C)o2)cc1. The Kier molecular flexibility index (Phi) is 6.90. The minimum Gasteiger partial charge on any atom is -0.508 e. The van der Waals surface area contributed by atoms with E-state index in [1.165, 1.54) is 31.9 Å². The number of carbonyl (C=O) groups excluding carboxylic acids is 1. The van der Waals surface area contributed by atoms with Crippen molar-refractivity contribution in [3.63, 3.8) is 0 Å². The Hall–Kier alpha value is -3.12. The first-order valence-corrected chi connectivity index (χ1v) is 11.2. The molecular formula is C26H30N2O4. The van der Waals surface area contributed by atoms with Crippen LogP contribution in [-0.2, 0) is 17.7 Å². The molecule has 6 nitrogen and oxygen atoms in total. The Morgan fingerprint density at radius 2 is 1.91 bits per heavy atom. The average Bonchev–Trinajstić information content (AvgIpc) is 3.19. The number of phenolic OH excluding ortho intramolecular Hbond substituents is 1. The number of oxazole rings is 1. The molecule has 0 saturated carbocycles. The van der Waals surface area contributed by atoms with Gasteiger partial charge in [0.25, 0.3) is 0 Å². The number of methoxy groups -OCH3 is 1. The summed E-state index contributed by atoms with van der Waals surface area (Å²) in [6.45, 7) is 3.80. The first-order chi connectivity index (χ1) is 15.5. The van der Waals surface area contributed by atoms with E-state index in [1.54, 1.807) is 24.3 Å². The Morgan fingerprint density at radius 3 is 2.62 bits per heavy atom. The van der Waals surface area contributed by atoms with Gasteiger partial charge in [-0.15, -0.1) is 0 Å². The number of benzene rings is 2.